The monoisotopic (exact) mass is 316 g/mol. The van der Waals surface area contributed by atoms with Crippen molar-refractivity contribution in [1.82, 2.24) is 4.98 Å². The van der Waals surface area contributed by atoms with Gasteiger partial charge in [0.25, 0.3) is 0 Å². The van der Waals surface area contributed by atoms with Gasteiger partial charge in [-0.2, -0.15) is 0 Å². The molecule has 3 nitrogen and oxygen atoms in total. The smallest absolute Gasteiger partial charge is 0.235 e. The maximum atomic E-state index is 5.64. The molecule has 0 amide bonds. The average molecular weight is 317 g/mol. The molecule has 1 aliphatic rings. The predicted octanol–water partition coefficient (Wildman–Crippen LogP) is 3.23. The van der Waals surface area contributed by atoms with E-state index in [4.69, 9.17) is 4.74 Å². The summed E-state index contributed by atoms with van der Waals surface area (Å²) < 4.78 is 6.59. The molecule has 2 aromatic rings. The summed E-state index contributed by atoms with van der Waals surface area (Å²) in [5.41, 5.74) is 2.07. The van der Waals surface area contributed by atoms with E-state index >= 15 is 0 Å². The van der Waals surface area contributed by atoms with Gasteiger partial charge in [0.1, 0.15) is 12.3 Å². The van der Waals surface area contributed by atoms with Crippen molar-refractivity contribution in [2.75, 3.05) is 6.61 Å². The van der Waals surface area contributed by atoms with Gasteiger partial charge in [-0.15, -0.1) is 0 Å². The fraction of sp³-hybridized carbons (Fsp3) is 0.200. The first-order valence-corrected chi connectivity index (χ1v) is 6.97. The summed E-state index contributed by atoms with van der Waals surface area (Å²) in [6.07, 6.45) is 2.66. The number of pyridine rings is 1. The van der Waals surface area contributed by atoms with Crippen LogP contribution in [0, 0.1) is 0 Å². The van der Waals surface area contributed by atoms with Crippen LogP contribution in [0.3, 0.4) is 0 Å². The molecule has 0 N–H and O–H groups in total. The number of halogens is 1. The molecular formula is C15H13BrN2O. The summed E-state index contributed by atoms with van der Waals surface area (Å²) in [5.74, 6) is 0.647. The van der Waals surface area contributed by atoms with E-state index in [0.717, 1.165) is 16.6 Å². The Hall–Kier alpha value is -1.68. The van der Waals surface area contributed by atoms with Crippen molar-refractivity contribution in [2.45, 2.75) is 12.5 Å². The average Bonchev–Trinajstić information content (AvgIpc) is 2.89. The van der Waals surface area contributed by atoms with Crippen LogP contribution in [0.4, 0.5) is 0 Å². The Bertz CT molecular complexity index is 581. The molecule has 0 aliphatic carbocycles. The van der Waals surface area contributed by atoms with E-state index in [1.807, 2.05) is 30.3 Å². The van der Waals surface area contributed by atoms with E-state index in [1.165, 1.54) is 5.56 Å². The lowest BCUT2D eigenvalue weighted by Gasteiger charge is -2.03. The lowest BCUT2D eigenvalue weighted by Crippen LogP contribution is -2.09. The maximum Gasteiger partial charge on any atom is 0.235 e. The minimum atomic E-state index is 0.183. The normalized spacial score (nSPS) is 17.9. The molecule has 1 unspecified atom stereocenters. The minimum Gasteiger partial charge on any atom is -0.474 e. The molecule has 0 spiro atoms. The Kier molecular flexibility index (Phi) is 3.60. The summed E-state index contributed by atoms with van der Waals surface area (Å²) in [7, 11) is 0. The van der Waals surface area contributed by atoms with Crippen molar-refractivity contribution in [3.05, 3.63) is 64.4 Å². The van der Waals surface area contributed by atoms with Gasteiger partial charge in [-0.25, -0.2) is 4.99 Å². The largest absolute Gasteiger partial charge is 0.474 e. The molecular weight excluding hydrogens is 304 g/mol. The Morgan fingerprint density at radius 3 is 2.74 bits per heavy atom. The summed E-state index contributed by atoms with van der Waals surface area (Å²) >= 11 is 3.37. The fourth-order valence-corrected chi connectivity index (χ4v) is 2.28. The van der Waals surface area contributed by atoms with Gasteiger partial charge >= 0.3 is 0 Å². The van der Waals surface area contributed by atoms with Gasteiger partial charge < -0.3 is 4.74 Å². The molecule has 0 bridgehead atoms. The molecule has 1 aliphatic heterocycles. The molecule has 4 heteroatoms. The van der Waals surface area contributed by atoms with E-state index < -0.39 is 0 Å². The van der Waals surface area contributed by atoms with Crippen LogP contribution in [0.1, 0.15) is 11.3 Å². The van der Waals surface area contributed by atoms with E-state index in [-0.39, 0.29) is 6.04 Å². The van der Waals surface area contributed by atoms with Crippen LogP contribution in [0.25, 0.3) is 0 Å². The van der Waals surface area contributed by atoms with Crippen LogP contribution in [0.5, 0.6) is 0 Å². The molecule has 1 atom stereocenters. The zero-order valence-corrected chi connectivity index (χ0v) is 11.9. The van der Waals surface area contributed by atoms with Gasteiger partial charge in [0.15, 0.2) is 0 Å². The maximum absolute atomic E-state index is 5.64. The first-order chi connectivity index (χ1) is 9.31. The quantitative estimate of drug-likeness (QED) is 0.871. The number of hydrogen-bond donors (Lipinski definition) is 0. The van der Waals surface area contributed by atoms with Crippen molar-refractivity contribution in [2.24, 2.45) is 4.99 Å². The zero-order valence-electron chi connectivity index (χ0n) is 10.3. The Morgan fingerprint density at radius 1 is 1.16 bits per heavy atom. The van der Waals surface area contributed by atoms with Crippen LogP contribution >= 0.6 is 15.9 Å². The predicted molar refractivity (Wildman–Crippen MR) is 78.4 cm³/mol. The summed E-state index contributed by atoms with van der Waals surface area (Å²) in [6.45, 7) is 0.627. The first-order valence-electron chi connectivity index (χ1n) is 6.18. The molecule has 0 saturated carbocycles. The molecule has 0 fully saturated rings. The number of nitrogens with zero attached hydrogens (tertiary/aromatic N) is 2. The molecule has 0 saturated heterocycles. The molecule has 0 radical (unpaired) electrons. The number of benzene rings is 1. The van der Waals surface area contributed by atoms with Crippen molar-refractivity contribution in [3.63, 3.8) is 0 Å². The zero-order chi connectivity index (χ0) is 13.1. The summed E-state index contributed by atoms with van der Waals surface area (Å²) in [4.78, 5) is 8.90. The number of rotatable bonds is 3. The number of ether oxygens (including phenoxy) is 1. The standard InChI is InChI=1S/C15H13BrN2O/c16-12-6-7-14(17-9-12)15-18-13(10-19-15)8-11-4-2-1-3-5-11/h1-7,9,13H,8,10H2. The van der Waals surface area contributed by atoms with Gasteiger partial charge in [0.2, 0.25) is 5.90 Å². The highest BCUT2D eigenvalue weighted by Gasteiger charge is 2.21. The summed E-state index contributed by atoms with van der Waals surface area (Å²) in [5, 5.41) is 0. The minimum absolute atomic E-state index is 0.183. The fourth-order valence-electron chi connectivity index (χ4n) is 2.05. The molecule has 19 heavy (non-hydrogen) atoms. The van der Waals surface area contributed by atoms with Crippen LogP contribution in [0.15, 0.2) is 58.1 Å². The number of aliphatic imine (C=N–C) groups is 1. The Morgan fingerprint density at radius 2 is 2.00 bits per heavy atom. The highest BCUT2D eigenvalue weighted by atomic mass is 79.9. The SMILES string of the molecule is Brc1ccc(C2=NC(Cc3ccccc3)CO2)nc1. The van der Waals surface area contributed by atoms with Gasteiger partial charge in [-0.3, -0.25) is 4.98 Å². The topological polar surface area (TPSA) is 34.5 Å². The van der Waals surface area contributed by atoms with Crippen molar-refractivity contribution in [1.29, 1.82) is 0 Å². The van der Waals surface area contributed by atoms with Crippen molar-refractivity contribution >= 4 is 21.8 Å². The van der Waals surface area contributed by atoms with Gasteiger partial charge in [0.05, 0.1) is 6.04 Å². The molecule has 96 valence electrons. The lowest BCUT2D eigenvalue weighted by atomic mass is 10.1. The molecule has 1 aromatic heterocycles. The second kappa shape index (κ2) is 5.53. The lowest BCUT2D eigenvalue weighted by molar-refractivity contribution is 0.316. The third-order valence-electron chi connectivity index (χ3n) is 2.97. The second-order valence-electron chi connectivity index (χ2n) is 4.45. The Labute approximate surface area is 120 Å². The van der Waals surface area contributed by atoms with Crippen LogP contribution in [0.2, 0.25) is 0 Å². The Balaban J connectivity index is 1.72. The van der Waals surface area contributed by atoms with E-state index in [0.29, 0.717) is 12.5 Å². The van der Waals surface area contributed by atoms with E-state index in [1.54, 1.807) is 6.20 Å². The van der Waals surface area contributed by atoms with Gasteiger partial charge in [0, 0.05) is 10.7 Å². The third-order valence-corrected chi connectivity index (χ3v) is 3.44. The van der Waals surface area contributed by atoms with Crippen LogP contribution in [-0.2, 0) is 11.2 Å². The van der Waals surface area contributed by atoms with Crippen molar-refractivity contribution < 1.29 is 4.74 Å². The summed E-state index contributed by atoms with van der Waals surface area (Å²) in [6, 6.07) is 14.4. The van der Waals surface area contributed by atoms with E-state index in [9.17, 15) is 0 Å². The molecule has 3 rings (SSSR count). The van der Waals surface area contributed by atoms with Gasteiger partial charge in [-0.1, -0.05) is 30.3 Å². The molecule has 1 aromatic carbocycles. The highest BCUT2D eigenvalue weighted by molar-refractivity contribution is 9.10. The van der Waals surface area contributed by atoms with Crippen LogP contribution in [-0.4, -0.2) is 23.5 Å². The van der Waals surface area contributed by atoms with Gasteiger partial charge in [-0.05, 0) is 40.0 Å². The molecule has 2 heterocycles. The number of hydrogen-bond acceptors (Lipinski definition) is 3. The van der Waals surface area contributed by atoms with Crippen molar-refractivity contribution in [3.8, 4) is 0 Å². The van der Waals surface area contributed by atoms with E-state index in [2.05, 4.69) is 38.0 Å². The van der Waals surface area contributed by atoms with Crippen LogP contribution < -0.4 is 0 Å². The highest BCUT2D eigenvalue weighted by Crippen LogP contribution is 2.16. The number of aromatic nitrogens is 1. The first kappa shape index (κ1) is 12.4. The second-order valence-corrected chi connectivity index (χ2v) is 5.37. The third kappa shape index (κ3) is 3.01.